The quantitative estimate of drug-likeness (QED) is 0.879. The second-order valence-electron chi connectivity index (χ2n) is 4.44. The van der Waals surface area contributed by atoms with E-state index in [-0.39, 0.29) is 0 Å². The second kappa shape index (κ2) is 4.91. The van der Waals surface area contributed by atoms with Crippen molar-refractivity contribution in [2.75, 3.05) is 31.3 Å². The minimum atomic E-state index is 0.501. The predicted octanol–water partition coefficient (Wildman–Crippen LogP) is 2.36. The molecule has 5 heteroatoms. The lowest BCUT2D eigenvalue weighted by Gasteiger charge is -2.21. The monoisotopic (exact) mass is 241 g/mol. The summed E-state index contributed by atoms with van der Waals surface area (Å²) in [5, 5.41) is 1.05. The van der Waals surface area contributed by atoms with Crippen molar-refractivity contribution >= 4 is 22.4 Å². The average molecular weight is 241 g/mol. The molecular formula is C11H19N3OS. The van der Waals surface area contributed by atoms with Gasteiger partial charge in [-0.25, -0.2) is 0 Å². The number of rotatable bonds is 4. The Hall–Kier alpha value is -0.970. The Morgan fingerprint density at radius 2 is 2.19 bits per heavy atom. The van der Waals surface area contributed by atoms with E-state index in [1.165, 1.54) is 37.2 Å². The summed E-state index contributed by atoms with van der Waals surface area (Å²) in [7, 11) is 3.74. The molecule has 1 fully saturated rings. The van der Waals surface area contributed by atoms with Gasteiger partial charge in [-0.2, -0.15) is 4.37 Å². The highest BCUT2D eigenvalue weighted by molar-refractivity contribution is 7.11. The van der Waals surface area contributed by atoms with E-state index < -0.39 is 0 Å². The predicted molar refractivity (Wildman–Crippen MR) is 68.3 cm³/mol. The van der Waals surface area contributed by atoms with Gasteiger partial charge in [0.1, 0.15) is 0 Å². The molecular weight excluding hydrogens is 222 g/mol. The molecule has 0 saturated heterocycles. The fourth-order valence-corrected chi connectivity index (χ4v) is 3.14. The Balaban J connectivity index is 2.04. The van der Waals surface area contributed by atoms with Crippen LogP contribution in [0, 0.1) is 5.92 Å². The first-order valence-corrected chi connectivity index (χ1v) is 6.50. The maximum absolute atomic E-state index is 5.75. The van der Waals surface area contributed by atoms with Gasteiger partial charge in [0.2, 0.25) is 0 Å². The molecule has 1 heterocycles. The van der Waals surface area contributed by atoms with Gasteiger partial charge in [-0.15, -0.1) is 0 Å². The number of methoxy groups -OCH3 is 1. The van der Waals surface area contributed by atoms with Crippen molar-refractivity contribution in [3.63, 3.8) is 0 Å². The molecule has 2 N–H and O–H groups in total. The van der Waals surface area contributed by atoms with Gasteiger partial charge < -0.3 is 15.4 Å². The van der Waals surface area contributed by atoms with Gasteiger partial charge in [0.25, 0.3) is 0 Å². The molecule has 90 valence electrons. The molecule has 1 aliphatic rings. The fourth-order valence-electron chi connectivity index (χ4n) is 2.38. The third-order valence-electron chi connectivity index (χ3n) is 3.21. The molecule has 1 saturated carbocycles. The standard InChI is InChI=1S/C11H19N3OS/c1-14(7-8-5-3-4-6-8)11-9(15-2)10(12)13-16-11/h8H,3-7H2,1-2H3,(H2,12,13). The molecule has 0 amide bonds. The molecule has 0 bridgehead atoms. The second-order valence-corrected chi connectivity index (χ2v) is 5.19. The smallest absolute Gasteiger partial charge is 0.197 e. The Morgan fingerprint density at radius 3 is 2.81 bits per heavy atom. The minimum absolute atomic E-state index is 0.501. The summed E-state index contributed by atoms with van der Waals surface area (Å²) in [6, 6.07) is 0. The Morgan fingerprint density at radius 1 is 1.50 bits per heavy atom. The highest BCUT2D eigenvalue weighted by atomic mass is 32.1. The third kappa shape index (κ3) is 2.24. The van der Waals surface area contributed by atoms with E-state index in [0.29, 0.717) is 5.82 Å². The lowest BCUT2D eigenvalue weighted by Crippen LogP contribution is -2.23. The van der Waals surface area contributed by atoms with Crippen LogP contribution >= 0.6 is 11.5 Å². The topological polar surface area (TPSA) is 51.4 Å². The first-order chi connectivity index (χ1) is 7.72. The lowest BCUT2D eigenvalue weighted by atomic mass is 10.1. The van der Waals surface area contributed by atoms with E-state index in [0.717, 1.165) is 23.2 Å². The van der Waals surface area contributed by atoms with E-state index in [1.807, 2.05) is 0 Å². The van der Waals surface area contributed by atoms with Crippen LogP contribution in [0.25, 0.3) is 0 Å². The van der Waals surface area contributed by atoms with Crippen LogP contribution in [0.3, 0.4) is 0 Å². The van der Waals surface area contributed by atoms with Crippen molar-refractivity contribution in [2.24, 2.45) is 5.92 Å². The van der Waals surface area contributed by atoms with Crippen LogP contribution in [0.15, 0.2) is 0 Å². The van der Waals surface area contributed by atoms with Gasteiger partial charge in [0.15, 0.2) is 16.6 Å². The van der Waals surface area contributed by atoms with Crippen molar-refractivity contribution in [3.8, 4) is 5.75 Å². The SMILES string of the molecule is COc1c(N)nsc1N(C)CC1CCCC1. The fraction of sp³-hybridized carbons (Fsp3) is 0.727. The molecule has 1 aliphatic carbocycles. The van der Waals surface area contributed by atoms with Crippen molar-refractivity contribution in [2.45, 2.75) is 25.7 Å². The molecule has 0 radical (unpaired) electrons. The molecule has 0 aromatic carbocycles. The normalized spacial score (nSPS) is 16.6. The first-order valence-electron chi connectivity index (χ1n) is 5.72. The molecule has 1 aromatic rings. The van der Waals surface area contributed by atoms with Gasteiger partial charge in [0, 0.05) is 13.6 Å². The highest BCUT2D eigenvalue weighted by Gasteiger charge is 2.21. The van der Waals surface area contributed by atoms with E-state index in [4.69, 9.17) is 10.5 Å². The number of nitrogens with zero attached hydrogens (tertiary/aromatic N) is 2. The summed E-state index contributed by atoms with van der Waals surface area (Å²) in [6.45, 7) is 1.08. The van der Waals surface area contributed by atoms with Crippen molar-refractivity contribution in [1.29, 1.82) is 0 Å². The third-order valence-corrected chi connectivity index (χ3v) is 4.17. The molecule has 0 atom stereocenters. The summed E-state index contributed by atoms with van der Waals surface area (Å²) >= 11 is 1.42. The number of aromatic nitrogens is 1. The molecule has 16 heavy (non-hydrogen) atoms. The molecule has 4 nitrogen and oxygen atoms in total. The lowest BCUT2D eigenvalue weighted by molar-refractivity contribution is 0.417. The van der Waals surface area contributed by atoms with Gasteiger partial charge in [0.05, 0.1) is 7.11 Å². The molecule has 0 aliphatic heterocycles. The molecule has 1 aromatic heterocycles. The number of hydrogen-bond donors (Lipinski definition) is 1. The van der Waals surface area contributed by atoms with E-state index >= 15 is 0 Å². The number of hydrogen-bond acceptors (Lipinski definition) is 5. The van der Waals surface area contributed by atoms with Gasteiger partial charge >= 0.3 is 0 Å². The maximum Gasteiger partial charge on any atom is 0.197 e. The zero-order chi connectivity index (χ0) is 11.5. The van der Waals surface area contributed by atoms with Crippen molar-refractivity contribution < 1.29 is 4.74 Å². The van der Waals surface area contributed by atoms with Crippen LogP contribution < -0.4 is 15.4 Å². The Kier molecular flexibility index (Phi) is 3.53. The number of anilines is 2. The summed E-state index contributed by atoms with van der Waals surface area (Å²) in [6.07, 6.45) is 5.45. The zero-order valence-electron chi connectivity index (χ0n) is 9.90. The van der Waals surface area contributed by atoms with Crippen molar-refractivity contribution in [1.82, 2.24) is 4.37 Å². The summed E-state index contributed by atoms with van der Waals surface area (Å²) in [4.78, 5) is 2.23. The van der Waals surface area contributed by atoms with Gasteiger partial charge in [-0.1, -0.05) is 12.8 Å². The summed E-state index contributed by atoms with van der Waals surface area (Å²) in [5.74, 6) is 2.05. The average Bonchev–Trinajstić information content (AvgIpc) is 2.87. The number of ether oxygens (including phenoxy) is 1. The van der Waals surface area contributed by atoms with Crippen LogP contribution in [0.1, 0.15) is 25.7 Å². The largest absolute Gasteiger partial charge is 0.490 e. The Bertz CT molecular complexity index is 347. The Labute approximate surface area is 101 Å². The van der Waals surface area contributed by atoms with E-state index in [9.17, 15) is 0 Å². The van der Waals surface area contributed by atoms with Crippen LogP contribution in [0.2, 0.25) is 0 Å². The molecule has 0 spiro atoms. The molecule has 0 unspecified atom stereocenters. The number of nitrogen functional groups attached to an aromatic ring is 1. The minimum Gasteiger partial charge on any atom is -0.490 e. The van der Waals surface area contributed by atoms with E-state index in [1.54, 1.807) is 7.11 Å². The van der Waals surface area contributed by atoms with Crippen LogP contribution in [-0.2, 0) is 0 Å². The highest BCUT2D eigenvalue weighted by Crippen LogP contribution is 2.38. The zero-order valence-corrected chi connectivity index (χ0v) is 10.7. The van der Waals surface area contributed by atoms with Gasteiger partial charge in [-0.3, -0.25) is 0 Å². The van der Waals surface area contributed by atoms with Crippen molar-refractivity contribution in [3.05, 3.63) is 0 Å². The first kappa shape index (κ1) is 11.5. The van der Waals surface area contributed by atoms with E-state index in [2.05, 4.69) is 16.3 Å². The van der Waals surface area contributed by atoms with Crippen LogP contribution in [0.4, 0.5) is 10.8 Å². The maximum atomic E-state index is 5.75. The summed E-state index contributed by atoms with van der Waals surface area (Å²) < 4.78 is 9.42. The number of nitrogens with two attached hydrogens (primary N) is 1. The molecule has 2 rings (SSSR count). The van der Waals surface area contributed by atoms with Gasteiger partial charge in [-0.05, 0) is 30.3 Å². The van der Waals surface area contributed by atoms with Crippen LogP contribution in [0.5, 0.6) is 5.75 Å². The van der Waals surface area contributed by atoms with Crippen LogP contribution in [-0.4, -0.2) is 25.1 Å². The summed E-state index contributed by atoms with van der Waals surface area (Å²) in [5.41, 5.74) is 5.75.